The van der Waals surface area contributed by atoms with E-state index in [1.54, 1.807) is 39.1 Å². The van der Waals surface area contributed by atoms with Crippen LogP contribution in [-0.2, 0) is 10.2 Å². The summed E-state index contributed by atoms with van der Waals surface area (Å²) in [6.07, 6.45) is 0.989. The second-order valence-corrected chi connectivity index (χ2v) is 9.47. The Morgan fingerprint density at radius 1 is 0.935 bits per heavy atom. The van der Waals surface area contributed by atoms with Crippen molar-refractivity contribution in [2.45, 2.75) is 52.6 Å². The Balaban J connectivity index is 1.83. The third kappa shape index (κ3) is 5.60. The lowest BCUT2D eigenvalue weighted by Gasteiger charge is -2.20. The van der Waals surface area contributed by atoms with Crippen LogP contribution in [0.3, 0.4) is 0 Å². The average Bonchev–Trinajstić information content (AvgIpc) is 3.16. The summed E-state index contributed by atoms with van der Waals surface area (Å²) in [7, 11) is 0. The lowest BCUT2D eigenvalue weighted by Crippen LogP contribution is -2.28. The molecule has 1 heterocycles. The van der Waals surface area contributed by atoms with Gasteiger partial charge in [-0.05, 0) is 62.1 Å². The zero-order valence-electron chi connectivity index (χ0n) is 18.9. The average molecular weight is 420 g/mol. The maximum absolute atomic E-state index is 12.8. The summed E-state index contributed by atoms with van der Waals surface area (Å²) in [5, 5.41) is 7.04. The summed E-state index contributed by atoms with van der Waals surface area (Å²) in [5.41, 5.74) is 2.96. The van der Waals surface area contributed by atoms with Gasteiger partial charge in [0.15, 0.2) is 0 Å². The number of hydrogen-bond donors (Lipinski definition) is 1. The van der Waals surface area contributed by atoms with E-state index in [0.29, 0.717) is 16.9 Å². The first-order valence-electron chi connectivity index (χ1n) is 10.2. The molecule has 0 unspecified atom stereocenters. The molecule has 2 aromatic carbocycles. The molecule has 0 radical (unpaired) electrons. The van der Waals surface area contributed by atoms with E-state index in [0.717, 1.165) is 11.1 Å². The number of hydrogen-bond acceptors (Lipinski definition) is 4. The highest BCUT2D eigenvalue weighted by molar-refractivity contribution is 6.04. The van der Waals surface area contributed by atoms with E-state index < -0.39 is 11.7 Å². The summed E-state index contributed by atoms with van der Waals surface area (Å²) >= 11 is 0. The highest BCUT2D eigenvalue weighted by Gasteiger charge is 2.21. The molecule has 0 fully saturated rings. The molecule has 0 spiro atoms. The fourth-order valence-corrected chi connectivity index (χ4v) is 3.06. The molecule has 1 amide bonds. The van der Waals surface area contributed by atoms with Gasteiger partial charge in [0, 0.05) is 16.8 Å². The molecule has 0 aliphatic carbocycles. The van der Waals surface area contributed by atoms with Crippen molar-refractivity contribution in [2.24, 2.45) is 0 Å². The Kier molecular flexibility index (Phi) is 6.02. The normalized spacial score (nSPS) is 11.8. The van der Waals surface area contributed by atoms with E-state index in [1.807, 2.05) is 42.5 Å². The molecular formula is C25H29N3O3. The molecule has 0 saturated carbocycles. The van der Waals surface area contributed by atoms with Crippen LogP contribution in [0.5, 0.6) is 0 Å². The summed E-state index contributed by atoms with van der Waals surface area (Å²) in [6.45, 7) is 11.8. The van der Waals surface area contributed by atoms with Gasteiger partial charge in [-0.25, -0.2) is 4.79 Å². The van der Waals surface area contributed by atoms with Crippen LogP contribution in [0.2, 0.25) is 0 Å². The minimum atomic E-state index is -0.627. The second-order valence-electron chi connectivity index (χ2n) is 9.47. The maximum Gasteiger partial charge on any atom is 0.435 e. The topological polar surface area (TPSA) is 73.2 Å². The molecule has 0 aliphatic rings. The number of nitrogens with zero attached hydrogens (tertiary/aromatic N) is 2. The number of carbonyl (C=O) groups excluding carboxylic acids is 2. The summed E-state index contributed by atoms with van der Waals surface area (Å²) in [6, 6.07) is 16.7. The van der Waals surface area contributed by atoms with Crippen LogP contribution in [0, 0.1) is 0 Å². The van der Waals surface area contributed by atoms with Gasteiger partial charge in [0.05, 0.1) is 11.9 Å². The van der Waals surface area contributed by atoms with Crippen LogP contribution >= 0.6 is 0 Å². The van der Waals surface area contributed by atoms with Gasteiger partial charge >= 0.3 is 6.09 Å². The Morgan fingerprint density at radius 2 is 1.65 bits per heavy atom. The monoisotopic (exact) mass is 419 g/mol. The summed E-state index contributed by atoms with van der Waals surface area (Å²) in [4.78, 5) is 25.3. The van der Waals surface area contributed by atoms with E-state index >= 15 is 0 Å². The molecule has 6 heteroatoms. The first-order valence-corrected chi connectivity index (χ1v) is 10.2. The third-order valence-corrected chi connectivity index (χ3v) is 4.62. The number of carbonyl (C=O) groups is 2. The van der Waals surface area contributed by atoms with Gasteiger partial charge in [-0.1, -0.05) is 45.0 Å². The minimum absolute atomic E-state index is 0.0454. The molecule has 3 rings (SSSR count). The van der Waals surface area contributed by atoms with E-state index in [9.17, 15) is 9.59 Å². The van der Waals surface area contributed by atoms with E-state index in [-0.39, 0.29) is 11.3 Å². The number of nitrogens with one attached hydrogen (secondary N) is 1. The molecule has 31 heavy (non-hydrogen) atoms. The highest BCUT2D eigenvalue weighted by Crippen LogP contribution is 2.25. The Morgan fingerprint density at radius 3 is 2.32 bits per heavy atom. The first kappa shape index (κ1) is 22.3. The van der Waals surface area contributed by atoms with Crippen molar-refractivity contribution in [1.29, 1.82) is 0 Å². The lowest BCUT2D eigenvalue weighted by molar-refractivity contribution is 0.0517. The molecule has 0 saturated heterocycles. The van der Waals surface area contributed by atoms with Crippen molar-refractivity contribution in [3.8, 4) is 11.3 Å². The van der Waals surface area contributed by atoms with Crippen molar-refractivity contribution in [3.05, 3.63) is 71.9 Å². The maximum atomic E-state index is 12.8. The van der Waals surface area contributed by atoms with Crippen molar-refractivity contribution >= 4 is 17.7 Å². The number of anilines is 1. The van der Waals surface area contributed by atoms with Gasteiger partial charge in [-0.2, -0.15) is 9.78 Å². The third-order valence-electron chi connectivity index (χ3n) is 4.62. The number of amides is 1. The van der Waals surface area contributed by atoms with E-state index in [1.165, 1.54) is 4.68 Å². The second kappa shape index (κ2) is 8.38. The fourth-order valence-electron chi connectivity index (χ4n) is 3.06. The van der Waals surface area contributed by atoms with Gasteiger partial charge in [-0.3, -0.25) is 4.79 Å². The predicted molar refractivity (Wildman–Crippen MR) is 122 cm³/mol. The largest absolute Gasteiger partial charge is 0.442 e. The van der Waals surface area contributed by atoms with Gasteiger partial charge < -0.3 is 10.1 Å². The zero-order valence-corrected chi connectivity index (χ0v) is 18.9. The molecule has 1 N–H and O–H groups in total. The van der Waals surface area contributed by atoms with Crippen LogP contribution in [0.25, 0.3) is 11.3 Å². The van der Waals surface area contributed by atoms with Crippen LogP contribution in [0.4, 0.5) is 10.5 Å². The zero-order chi connectivity index (χ0) is 22.8. The molecule has 162 valence electrons. The van der Waals surface area contributed by atoms with Crippen molar-refractivity contribution < 1.29 is 14.3 Å². The summed E-state index contributed by atoms with van der Waals surface area (Å²) in [5.74, 6) is -0.191. The lowest BCUT2D eigenvalue weighted by atomic mass is 9.86. The SMILES string of the molecule is CC(C)(C)OC(=O)n1nccc1-c1cccc(NC(=O)c2cccc(C(C)(C)C)c2)c1. The number of benzene rings is 2. The summed E-state index contributed by atoms with van der Waals surface area (Å²) < 4.78 is 6.65. The van der Waals surface area contributed by atoms with Gasteiger partial charge in [-0.15, -0.1) is 0 Å². The number of ether oxygens (including phenoxy) is 1. The van der Waals surface area contributed by atoms with Crippen LogP contribution in [0.1, 0.15) is 57.5 Å². The molecular weight excluding hydrogens is 390 g/mol. The van der Waals surface area contributed by atoms with Crippen molar-refractivity contribution in [3.63, 3.8) is 0 Å². The van der Waals surface area contributed by atoms with Gasteiger partial charge in [0.1, 0.15) is 5.60 Å². The molecule has 3 aromatic rings. The first-order chi connectivity index (χ1) is 14.4. The van der Waals surface area contributed by atoms with Gasteiger partial charge in [0.25, 0.3) is 5.91 Å². The molecule has 1 aromatic heterocycles. The van der Waals surface area contributed by atoms with E-state index in [4.69, 9.17) is 4.74 Å². The minimum Gasteiger partial charge on any atom is -0.442 e. The van der Waals surface area contributed by atoms with Crippen LogP contribution in [-0.4, -0.2) is 27.4 Å². The van der Waals surface area contributed by atoms with Gasteiger partial charge in [0.2, 0.25) is 0 Å². The van der Waals surface area contributed by atoms with Crippen molar-refractivity contribution in [1.82, 2.24) is 9.78 Å². The molecule has 0 aliphatic heterocycles. The standard InChI is InChI=1S/C25H29N3O3/c1-24(2,3)19-11-7-10-18(15-19)22(29)27-20-12-8-9-17(16-20)21-13-14-26-28(21)23(30)31-25(4,5)6/h7-16H,1-6H3,(H,27,29). The number of rotatable bonds is 3. The fraction of sp³-hybridized carbons (Fsp3) is 0.320. The predicted octanol–water partition coefficient (Wildman–Crippen LogP) is 5.88. The Hall–Kier alpha value is -3.41. The molecule has 0 atom stereocenters. The highest BCUT2D eigenvalue weighted by atomic mass is 16.6. The van der Waals surface area contributed by atoms with Crippen LogP contribution in [0.15, 0.2) is 60.8 Å². The van der Waals surface area contributed by atoms with E-state index in [2.05, 4.69) is 31.2 Å². The molecule has 0 bridgehead atoms. The number of aromatic nitrogens is 2. The van der Waals surface area contributed by atoms with Crippen LogP contribution < -0.4 is 5.32 Å². The molecule has 6 nitrogen and oxygen atoms in total. The quantitative estimate of drug-likeness (QED) is 0.575. The Bertz CT molecular complexity index is 1100. The smallest absolute Gasteiger partial charge is 0.435 e. The Labute approximate surface area is 183 Å². The van der Waals surface area contributed by atoms with Crippen molar-refractivity contribution in [2.75, 3.05) is 5.32 Å².